The monoisotopic (exact) mass is 258 g/mol. The van der Waals surface area contributed by atoms with Crippen LogP contribution in [0.5, 0.6) is 0 Å². The average molecular weight is 258 g/mol. The van der Waals surface area contributed by atoms with Gasteiger partial charge < -0.3 is 14.9 Å². The number of ether oxygens (including phenoxy) is 1. The summed E-state index contributed by atoms with van der Waals surface area (Å²) in [6.07, 6.45) is 6.94. The number of rotatable bonds is 9. The van der Waals surface area contributed by atoms with Gasteiger partial charge in [0.2, 0.25) is 0 Å². The Morgan fingerprint density at radius 1 is 0.944 bits per heavy atom. The van der Waals surface area contributed by atoms with Gasteiger partial charge in [-0.1, -0.05) is 19.3 Å². The fourth-order valence-corrected chi connectivity index (χ4v) is 2.34. The van der Waals surface area contributed by atoms with Crippen molar-refractivity contribution in [1.29, 1.82) is 0 Å². The summed E-state index contributed by atoms with van der Waals surface area (Å²) in [5.74, 6) is -1.53. The Balaban J connectivity index is 1.97. The zero-order valence-corrected chi connectivity index (χ0v) is 10.6. The molecular weight excluding hydrogens is 236 g/mol. The van der Waals surface area contributed by atoms with Gasteiger partial charge in [0.15, 0.2) is 0 Å². The van der Waals surface area contributed by atoms with E-state index in [4.69, 9.17) is 14.9 Å². The van der Waals surface area contributed by atoms with Crippen molar-refractivity contribution < 1.29 is 24.5 Å². The van der Waals surface area contributed by atoms with Crippen LogP contribution in [0.1, 0.15) is 57.8 Å². The molecule has 0 aromatic rings. The smallest absolute Gasteiger partial charge is 0.305 e. The second-order valence-corrected chi connectivity index (χ2v) is 4.90. The highest BCUT2D eigenvalue weighted by atomic mass is 16.5. The van der Waals surface area contributed by atoms with E-state index in [1.165, 1.54) is 0 Å². The molecule has 2 atom stereocenters. The van der Waals surface area contributed by atoms with Crippen molar-refractivity contribution in [3.8, 4) is 0 Å². The van der Waals surface area contributed by atoms with Crippen LogP contribution in [0.25, 0.3) is 0 Å². The maximum Gasteiger partial charge on any atom is 0.305 e. The second-order valence-electron chi connectivity index (χ2n) is 4.90. The number of unbranched alkanes of at least 4 members (excludes halogenated alkanes) is 3. The predicted molar refractivity (Wildman–Crippen MR) is 65.5 cm³/mol. The van der Waals surface area contributed by atoms with Gasteiger partial charge in [-0.25, -0.2) is 0 Å². The third-order valence-electron chi connectivity index (χ3n) is 3.26. The molecule has 5 nitrogen and oxygen atoms in total. The molecule has 0 saturated carbocycles. The Labute approximate surface area is 107 Å². The van der Waals surface area contributed by atoms with E-state index >= 15 is 0 Å². The molecular formula is C13H22O5. The van der Waals surface area contributed by atoms with Gasteiger partial charge in [-0.3, -0.25) is 9.59 Å². The molecule has 0 unspecified atom stereocenters. The van der Waals surface area contributed by atoms with Crippen LogP contribution in [0.2, 0.25) is 0 Å². The van der Waals surface area contributed by atoms with Crippen LogP contribution in [0.4, 0.5) is 0 Å². The van der Waals surface area contributed by atoms with Gasteiger partial charge in [0.1, 0.15) is 0 Å². The van der Waals surface area contributed by atoms with Gasteiger partial charge >= 0.3 is 11.9 Å². The molecule has 1 rings (SSSR count). The maximum atomic E-state index is 10.5. The molecule has 0 aliphatic carbocycles. The molecule has 1 heterocycles. The van der Waals surface area contributed by atoms with Crippen molar-refractivity contribution in [1.82, 2.24) is 0 Å². The molecule has 0 amide bonds. The Bertz CT molecular complexity index is 277. The molecule has 1 aliphatic heterocycles. The molecule has 0 radical (unpaired) electrons. The summed E-state index contributed by atoms with van der Waals surface area (Å²) < 4.78 is 5.64. The standard InChI is InChI=1S/C13H22O5/c14-12(15)6-4-2-1-3-5-10-7-8-11(18-10)9-13(16)17/h10-11H,1-9H2,(H,14,15)(H,16,17)/t10-,11-/m1/s1. The number of carbonyl (C=O) groups is 2. The van der Waals surface area contributed by atoms with E-state index in [1.54, 1.807) is 0 Å². The molecule has 0 spiro atoms. The zero-order chi connectivity index (χ0) is 13.4. The van der Waals surface area contributed by atoms with Gasteiger partial charge in [0.25, 0.3) is 0 Å². The van der Waals surface area contributed by atoms with E-state index < -0.39 is 11.9 Å². The zero-order valence-electron chi connectivity index (χ0n) is 10.6. The molecule has 1 aliphatic rings. The lowest BCUT2D eigenvalue weighted by Crippen LogP contribution is -2.14. The Morgan fingerprint density at radius 2 is 1.61 bits per heavy atom. The molecule has 1 fully saturated rings. The van der Waals surface area contributed by atoms with Gasteiger partial charge in [-0.2, -0.15) is 0 Å². The van der Waals surface area contributed by atoms with Crippen LogP contribution in [0.15, 0.2) is 0 Å². The first-order chi connectivity index (χ1) is 8.58. The first-order valence-corrected chi connectivity index (χ1v) is 6.67. The molecule has 0 bridgehead atoms. The van der Waals surface area contributed by atoms with Gasteiger partial charge in [0.05, 0.1) is 18.6 Å². The first kappa shape index (κ1) is 15.0. The molecule has 1 saturated heterocycles. The summed E-state index contributed by atoms with van der Waals surface area (Å²) in [6, 6.07) is 0. The van der Waals surface area contributed by atoms with Crippen molar-refractivity contribution in [3.63, 3.8) is 0 Å². The van der Waals surface area contributed by atoms with Crippen LogP contribution in [-0.4, -0.2) is 34.4 Å². The molecule has 5 heteroatoms. The summed E-state index contributed by atoms with van der Waals surface area (Å²) in [4.78, 5) is 20.8. The van der Waals surface area contributed by atoms with E-state index in [9.17, 15) is 9.59 Å². The Kier molecular flexibility index (Phi) is 6.72. The maximum absolute atomic E-state index is 10.5. The topological polar surface area (TPSA) is 83.8 Å². The molecule has 0 aromatic heterocycles. The number of carboxylic acids is 2. The third kappa shape index (κ3) is 6.59. The highest BCUT2D eigenvalue weighted by Gasteiger charge is 2.26. The van der Waals surface area contributed by atoms with Crippen molar-refractivity contribution in [2.75, 3.05) is 0 Å². The predicted octanol–water partition coefficient (Wildman–Crippen LogP) is 2.43. The van der Waals surface area contributed by atoms with Crippen molar-refractivity contribution in [2.24, 2.45) is 0 Å². The normalized spacial score (nSPS) is 23.1. The molecule has 2 N–H and O–H groups in total. The van der Waals surface area contributed by atoms with Crippen LogP contribution in [-0.2, 0) is 14.3 Å². The Hall–Kier alpha value is -1.10. The fraction of sp³-hybridized carbons (Fsp3) is 0.846. The minimum absolute atomic E-state index is 0.106. The average Bonchev–Trinajstić information content (AvgIpc) is 2.69. The lowest BCUT2D eigenvalue weighted by molar-refractivity contribution is -0.140. The van der Waals surface area contributed by atoms with Crippen LogP contribution in [0, 0.1) is 0 Å². The first-order valence-electron chi connectivity index (χ1n) is 6.67. The molecule has 0 aromatic carbocycles. The fourth-order valence-electron chi connectivity index (χ4n) is 2.34. The lowest BCUT2D eigenvalue weighted by atomic mass is 10.1. The van der Waals surface area contributed by atoms with Crippen LogP contribution >= 0.6 is 0 Å². The SMILES string of the molecule is O=C(O)CCCCCC[C@@H]1CC[C@H](CC(=O)O)O1. The van der Waals surface area contributed by atoms with E-state index in [-0.39, 0.29) is 25.0 Å². The van der Waals surface area contributed by atoms with Crippen LogP contribution < -0.4 is 0 Å². The van der Waals surface area contributed by atoms with Crippen molar-refractivity contribution >= 4 is 11.9 Å². The summed E-state index contributed by atoms with van der Waals surface area (Å²) in [6.45, 7) is 0. The minimum Gasteiger partial charge on any atom is -0.481 e. The molecule has 18 heavy (non-hydrogen) atoms. The highest BCUT2D eigenvalue weighted by molar-refractivity contribution is 5.67. The van der Waals surface area contributed by atoms with E-state index in [0.717, 1.165) is 44.9 Å². The van der Waals surface area contributed by atoms with Gasteiger partial charge in [-0.05, 0) is 25.7 Å². The minimum atomic E-state index is -0.797. The number of hydrogen-bond donors (Lipinski definition) is 2. The largest absolute Gasteiger partial charge is 0.481 e. The summed E-state index contributed by atoms with van der Waals surface area (Å²) in [5, 5.41) is 17.1. The number of carboxylic acid groups (broad SMARTS) is 2. The summed E-state index contributed by atoms with van der Waals surface area (Å²) >= 11 is 0. The summed E-state index contributed by atoms with van der Waals surface area (Å²) in [7, 11) is 0. The van der Waals surface area contributed by atoms with Crippen molar-refractivity contribution in [2.45, 2.75) is 70.0 Å². The van der Waals surface area contributed by atoms with Gasteiger partial charge in [0, 0.05) is 6.42 Å². The number of hydrogen-bond acceptors (Lipinski definition) is 3. The Morgan fingerprint density at radius 3 is 2.28 bits per heavy atom. The quantitative estimate of drug-likeness (QED) is 0.620. The second kappa shape index (κ2) is 8.08. The van der Waals surface area contributed by atoms with Gasteiger partial charge in [-0.15, -0.1) is 0 Å². The van der Waals surface area contributed by atoms with E-state index in [2.05, 4.69) is 0 Å². The number of aliphatic carboxylic acids is 2. The third-order valence-corrected chi connectivity index (χ3v) is 3.26. The van der Waals surface area contributed by atoms with E-state index in [1.807, 2.05) is 0 Å². The van der Waals surface area contributed by atoms with Crippen LogP contribution in [0.3, 0.4) is 0 Å². The highest BCUT2D eigenvalue weighted by Crippen LogP contribution is 2.25. The van der Waals surface area contributed by atoms with Crippen molar-refractivity contribution in [3.05, 3.63) is 0 Å². The van der Waals surface area contributed by atoms with E-state index in [0.29, 0.717) is 0 Å². The lowest BCUT2D eigenvalue weighted by Gasteiger charge is -2.11. The summed E-state index contributed by atoms with van der Waals surface area (Å²) in [5.41, 5.74) is 0. The molecule has 104 valence electrons.